The maximum atomic E-state index is 9.68. The first-order valence-electron chi connectivity index (χ1n) is 5.72. The second-order valence-electron chi connectivity index (χ2n) is 3.56. The molecule has 1 aromatic rings. The predicted molar refractivity (Wildman–Crippen MR) is 69.8 cm³/mol. The average molecular weight is 253 g/mol. The van der Waals surface area contributed by atoms with Crippen LogP contribution >= 0.6 is 0 Å². The van der Waals surface area contributed by atoms with Crippen molar-refractivity contribution >= 4 is 6.21 Å². The Hall–Kier alpha value is -1.59. The van der Waals surface area contributed by atoms with E-state index in [-0.39, 0.29) is 5.75 Å². The van der Waals surface area contributed by atoms with Crippen LogP contribution in [0.1, 0.15) is 5.56 Å². The summed E-state index contributed by atoms with van der Waals surface area (Å²) >= 11 is 0. The Balaban J connectivity index is 2.32. The third kappa shape index (κ3) is 5.16. The highest BCUT2D eigenvalue weighted by molar-refractivity contribution is 5.83. The molecule has 0 bridgehead atoms. The lowest BCUT2D eigenvalue weighted by Crippen LogP contribution is -2.09. The zero-order valence-corrected chi connectivity index (χ0v) is 10.8. The topological polar surface area (TPSA) is 60.3 Å². The summed E-state index contributed by atoms with van der Waals surface area (Å²) in [5.41, 5.74) is 0.668. The number of ether oxygens (including phenoxy) is 3. The zero-order valence-electron chi connectivity index (χ0n) is 10.8. The van der Waals surface area contributed by atoms with Gasteiger partial charge in [0, 0.05) is 32.0 Å². The van der Waals surface area contributed by atoms with E-state index in [1.165, 1.54) is 0 Å². The largest absolute Gasteiger partial charge is 0.507 e. The van der Waals surface area contributed by atoms with Crippen molar-refractivity contribution in [2.45, 2.75) is 0 Å². The molecule has 18 heavy (non-hydrogen) atoms. The van der Waals surface area contributed by atoms with Crippen LogP contribution in [0.5, 0.6) is 11.5 Å². The summed E-state index contributed by atoms with van der Waals surface area (Å²) in [5.74, 6) is 0.759. The Labute approximate surface area is 107 Å². The molecule has 0 unspecified atom stereocenters. The van der Waals surface area contributed by atoms with Gasteiger partial charge in [-0.05, 0) is 12.1 Å². The van der Waals surface area contributed by atoms with Gasteiger partial charge in [0.1, 0.15) is 18.1 Å². The minimum absolute atomic E-state index is 0.151. The smallest absolute Gasteiger partial charge is 0.128 e. The Morgan fingerprint density at radius 3 is 2.67 bits per heavy atom. The van der Waals surface area contributed by atoms with Crippen LogP contribution in [0.3, 0.4) is 0 Å². The van der Waals surface area contributed by atoms with Gasteiger partial charge in [0.05, 0.1) is 19.8 Å². The van der Waals surface area contributed by atoms with Gasteiger partial charge in [-0.3, -0.25) is 4.99 Å². The number of hydrogen-bond acceptors (Lipinski definition) is 5. The lowest BCUT2D eigenvalue weighted by Gasteiger charge is -2.08. The fourth-order valence-electron chi connectivity index (χ4n) is 1.32. The molecule has 0 saturated carbocycles. The minimum Gasteiger partial charge on any atom is -0.507 e. The fraction of sp³-hybridized carbons (Fsp3) is 0.462. The van der Waals surface area contributed by atoms with Crippen LogP contribution in [0, 0.1) is 0 Å². The standard InChI is InChI=1S/C13H19NO4/c1-14-10-11-3-4-12(9-13(11)15)18-8-7-17-6-5-16-2/h3-4,9-10,15H,5-8H2,1-2H3. The first kappa shape index (κ1) is 14.5. The quantitative estimate of drug-likeness (QED) is 0.563. The molecule has 0 saturated heterocycles. The SMILES string of the molecule is CN=Cc1ccc(OCCOCCOC)cc1O. The molecule has 0 aliphatic rings. The van der Waals surface area contributed by atoms with E-state index in [2.05, 4.69) is 4.99 Å². The van der Waals surface area contributed by atoms with Crippen LogP contribution in [-0.4, -0.2) is 51.9 Å². The fourth-order valence-corrected chi connectivity index (χ4v) is 1.32. The van der Waals surface area contributed by atoms with Crippen LogP contribution in [0.4, 0.5) is 0 Å². The van der Waals surface area contributed by atoms with Gasteiger partial charge in [0.25, 0.3) is 0 Å². The second kappa shape index (κ2) is 8.49. The molecular formula is C13H19NO4. The van der Waals surface area contributed by atoms with Crippen LogP contribution < -0.4 is 4.74 Å². The van der Waals surface area contributed by atoms with Crippen molar-refractivity contribution in [3.63, 3.8) is 0 Å². The van der Waals surface area contributed by atoms with Crippen LogP contribution in [0.25, 0.3) is 0 Å². The van der Waals surface area contributed by atoms with Gasteiger partial charge >= 0.3 is 0 Å². The Kier molecular flexibility index (Phi) is 6.83. The summed E-state index contributed by atoms with van der Waals surface area (Å²) in [4.78, 5) is 3.84. The van der Waals surface area contributed by atoms with Gasteiger partial charge < -0.3 is 19.3 Å². The molecule has 1 rings (SSSR count). The summed E-state index contributed by atoms with van der Waals surface area (Å²) in [6.07, 6.45) is 1.59. The Bertz CT molecular complexity index is 379. The molecule has 100 valence electrons. The molecule has 0 amide bonds. The minimum atomic E-state index is 0.151. The number of aromatic hydroxyl groups is 1. The number of nitrogens with zero attached hydrogens (tertiary/aromatic N) is 1. The van der Waals surface area contributed by atoms with Crippen molar-refractivity contribution in [1.29, 1.82) is 0 Å². The van der Waals surface area contributed by atoms with E-state index >= 15 is 0 Å². The van der Waals surface area contributed by atoms with Gasteiger partial charge in [-0.2, -0.15) is 0 Å². The third-order valence-electron chi connectivity index (χ3n) is 2.20. The molecule has 0 aliphatic heterocycles. The molecule has 0 atom stereocenters. The van der Waals surface area contributed by atoms with Gasteiger partial charge in [-0.25, -0.2) is 0 Å². The summed E-state index contributed by atoms with van der Waals surface area (Å²) < 4.78 is 15.5. The molecule has 5 heteroatoms. The zero-order chi connectivity index (χ0) is 13.2. The first-order chi connectivity index (χ1) is 8.77. The number of hydrogen-bond donors (Lipinski definition) is 1. The van der Waals surface area contributed by atoms with Gasteiger partial charge in [-0.1, -0.05) is 0 Å². The number of rotatable bonds is 8. The van der Waals surface area contributed by atoms with E-state index in [0.29, 0.717) is 37.7 Å². The maximum absolute atomic E-state index is 9.68. The molecule has 1 aromatic carbocycles. The van der Waals surface area contributed by atoms with E-state index in [9.17, 15) is 5.11 Å². The monoisotopic (exact) mass is 253 g/mol. The van der Waals surface area contributed by atoms with Crippen molar-refractivity contribution in [3.8, 4) is 11.5 Å². The molecule has 0 aliphatic carbocycles. The first-order valence-corrected chi connectivity index (χ1v) is 5.72. The molecule has 0 radical (unpaired) electrons. The third-order valence-corrected chi connectivity index (χ3v) is 2.20. The van der Waals surface area contributed by atoms with E-state index in [1.807, 2.05) is 0 Å². The number of phenolic OH excluding ortho intramolecular Hbond substituents is 1. The van der Waals surface area contributed by atoms with E-state index in [1.54, 1.807) is 38.6 Å². The van der Waals surface area contributed by atoms with Gasteiger partial charge in [-0.15, -0.1) is 0 Å². The lowest BCUT2D eigenvalue weighted by molar-refractivity contribution is 0.0544. The van der Waals surface area contributed by atoms with Crippen molar-refractivity contribution in [1.82, 2.24) is 0 Å². The second-order valence-corrected chi connectivity index (χ2v) is 3.56. The highest BCUT2D eigenvalue weighted by atomic mass is 16.5. The van der Waals surface area contributed by atoms with Crippen molar-refractivity contribution < 1.29 is 19.3 Å². The Morgan fingerprint density at radius 1 is 1.22 bits per heavy atom. The predicted octanol–water partition coefficient (Wildman–Crippen LogP) is 1.48. The molecule has 5 nitrogen and oxygen atoms in total. The molecule has 0 spiro atoms. The summed E-state index contributed by atoms with van der Waals surface area (Å²) in [5, 5.41) is 9.68. The number of phenols is 1. The molecule has 1 N–H and O–H groups in total. The van der Waals surface area contributed by atoms with Crippen molar-refractivity contribution in [2.24, 2.45) is 4.99 Å². The van der Waals surface area contributed by atoms with E-state index < -0.39 is 0 Å². The molecule has 0 heterocycles. The average Bonchev–Trinajstić information content (AvgIpc) is 2.37. The highest BCUT2D eigenvalue weighted by Gasteiger charge is 2.01. The summed E-state index contributed by atoms with van der Waals surface area (Å²) in [7, 11) is 3.28. The Morgan fingerprint density at radius 2 is 2.00 bits per heavy atom. The maximum Gasteiger partial charge on any atom is 0.128 e. The van der Waals surface area contributed by atoms with E-state index in [0.717, 1.165) is 0 Å². The lowest BCUT2D eigenvalue weighted by atomic mass is 10.2. The van der Waals surface area contributed by atoms with Crippen LogP contribution in [0.2, 0.25) is 0 Å². The molecule has 0 aromatic heterocycles. The number of aliphatic imine (C=N–C) groups is 1. The van der Waals surface area contributed by atoms with Crippen molar-refractivity contribution in [3.05, 3.63) is 23.8 Å². The summed E-state index contributed by atoms with van der Waals surface area (Å²) in [6.45, 7) is 2.05. The highest BCUT2D eigenvalue weighted by Crippen LogP contribution is 2.22. The summed E-state index contributed by atoms with van der Waals surface area (Å²) in [6, 6.07) is 5.10. The molecular weight excluding hydrogens is 234 g/mol. The van der Waals surface area contributed by atoms with Crippen molar-refractivity contribution in [2.75, 3.05) is 40.6 Å². The van der Waals surface area contributed by atoms with Gasteiger partial charge in [0.15, 0.2) is 0 Å². The van der Waals surface area contributed by atoms with Crippen LogP contribution in [0.15, 0.2) is 23.2 Å². The van der Waals surface area contributed by atoms with Gasteiger partial charge in [0.2, 0.25) is 0 Å². The van der Waals surface area contributed by atoms with Crippen LogP contribution in [-0.2, 0) is 9.47 Å². The number of benzene rings is 1. The molecule has 0 fully saturated rings. The number of methoxy groups -OCH3 is 1. The van der Waals surface area contributed by atoms with E-state index in [4.69, 9.17) is 14.2 Å². The normalized spacial score (nSPS) is 11.0.